The Morgan fingerprint density at radius 3 is 2.43 bits per heavy atom. The first-order valence-corrected chi connectivity index (χ1v) is 9.20. The minimum Gasteiger partial charge on any atom is -0.356 e. The molecule has 2 unspecified atom stereocenters. The molecule has 2 aliphatic carbocycles. The van der Waals surface area contributed by atoms with Gasteiger partial charge in [-0.2, -0.15) is 0 Å². The minimum absolute atomic E-state index is 0.252. The first kappa shape index (κ1) is 16.8. The van der Waals surface area contributed by atoms with Gasteiger partial charge in [-0.3, -0.25) is 4.79 Å². The summed E-state index contributed by atoms with van der Waals surface area (Å²) in [5, 5.41) is 3.25. The maximum absolute atomic E-state index is 12.4. The molecule has 0 aliphatic heterocycles. The summed E-state index contributed by atoms with van der Waals surface area (Å²) in [5.41, 5.74) is 5.66. The molecule has 0 saturated heterocycles. The van der Waals surface area contributed by atoms with E-state index in [1.54, 1.807) is 0 Å². The predicted octanol–water partition coefficient (Wildman–Crippen LogP) is 3.47. The lowest BCUT2D eigenvalue weighted by atomic mass is 9.79. The van der Waals surface area contributed by atoms with Gasteiger partial charge in [0.2, 0.25) is 5.91 Å². The van der Waals surface area contributed by atoms with Gasteiger partial charge in [0.05, 0.1) is 0 Å². The van der Waals surface area contributed by atoms with Crippen molar-refractivity contribution in [2.45, 2.75) is 71.1 Å². The van der Waals surface area contributed by atoms with Gasteiger partial charge in [0, 0.05) is 12.5 Å². The molecular formula is C18H34N2O. The van der Waals surface area contributed by atoms with Crippen LogP contribution in [0.3, 0.4) is 0 Å². The minimum atomic E-state index is 0.252. The first-order valence-electron chi connectivity index (χ1n) is 9.20. The summed E-state index contributed by atoms with van der Waals surface area (Å²) in [7, 11) is 0. The van der Waals surface area contributed by atoms with Gasteiger partial charge in [0.15, 0.2) is 0 Å². The number of hydrogen-bond donors (Lipinski definition) is 2. The van der Waals surface area contributed by atoms with Crippen molar-refractivity contribution in [2.75, 3.05) is 13.1 Å². The van der Waals surface area contributed by atoms with Crippen molar-refractivity contribution < 1.29 is 4.79 Å². The number of carbonyl (C=O) groups is 1. The molecule has 0 spiro atoms. The topological polar surface area (TPSA) is 55.1 Å². The summed E-state index contributed by atoms with van der Waals surface area (Å²) in [6.45, 7) is 3.97. The third-order valence-corrected chi connectivity index (χ3v) is 5.84. The zero-order valence-electron chi connectivity index (χ0n) is 13.8. The molecule has 122 valence electrons. The van der Waals surface area contributed by atoms with Crippen molar-refractivity contribution in [2.24, 2.45) is 29.4 Å². The smallest absolute Gasteiger partial charge is 0.223 e. The number of nitrogens with two attached hydrogens (primary N) is 1. The lowest BCUT2D eigenvalue weighted by Gasteiger charge is -2.30. The van der Waals surface area contributed by atoms with Gasteiger partial charge in [0.25, 0.3) is 0 Å². The fourth-order valence-electron chi connectivity index (χ4n) is 4.26. The first-order chi connectivity index (χ1) is 10.2. The Morgan fingerprint density at radius 2 is 1.76 bits per heavy atom. The third kappa shape index (κ3) is 5.28. The second-order valence-corrected chi connectivity index (χ2v) is 7.35. The van der Waals surface area contributed by atoms with Gasteiger partial charge in [-0.05, 0) is 56.4 Å². The summed E-state index contributed by atoms with van der Waals surface area (Å²) < 4.78 is 0. The lowest BCUT2D eigenvalue weighted by molar-refractivity contribution is -0.126. The van der Waals surface area contributed by atoms with Gasteiger partial charge >= 0.3 is 0 Å². The van der Waals surface area contributed by atoms with Crippen LogP contribution in [-0.4, -0.2) is 19.0 Å². The van der Waals surface area contributed by atoms with Crippen LogP contribution in [0.5, 0.6) is 0 Å². The molecule has 2 aliphatic rings. The van der Waals surface area contributed by atoms with Gasteiger partial charge in [-0.1, -0.05) is 39.0 Å². The van der Waals surface area contributed by atoms with Crippen LogP contribution in [0.4, 0.5) is 0 Å². The van der Waals surface area contributed by atoms with Crippen molar-refractivity contribution in [3.63, 3.8) is 0 Å². The van der Waals surface area contributed by atoms with E-state index in [1.165, 1.54) is 44.9 Å². The molecule has 2 fully saturated rings. The Labute approximate surface area is 130 Å². The van der Waals surface area contributed by atoms with Crippen LogP contribution in [0.25, 0.3) is 0 Å². The Kier molecular flexibility index (Phi) is 7.01. The number of nitrogens with one attached hydrogen (secondary N) is 1. The van der Waals surface area contributed by atoms with Crippen LogP contribution in [0.2, 0.25) is 0 Å². The number of rotatable bonds is 6. The average Bonchev–Trinajstić information content (AvgIpc) is 2.53. The van der Waals surface area contributed by atoms with Crippen molar-refractivity contribution in [3.8, 4) is 0 Å². The standard InChI is InChI=1S/C18H34N2O/c1-2-14-6-8-16(9-7-14)13-20-18(21)17-5-3-4-15(12-17)10-11-19/h14-17H,2-13,19H2,1H3,(H,20,21). The van der Waals surface area contributed by atoms with Crippen LogP contribution < -0.4 is 11.1 Å². The van der Waals surface area contributed by atoms with Crippen molar-refractivity contribution in [1.82, 2.24) is 5.32 Å². The largest absolute Gasteiger partial charge is 0.356 e. The maximum Gasteiger partial charge on any atom is 0.223 e. The monoisotopic (exact) mass is 294 g/mol. The van der Waals surface area contributed by atoms with E-state index in [9.17, 15) is 4.79 Å². The second-order valence-electron chi connectivity index (χ2n) is 7.35. The highest BCUT2D eigenvalue weighted by Crippen LogP contribution is 2.32. The second kappa shape index (κ2) is 8.77. The quantitative estimate of drug-likeness (QED) is 0.788. The van der Waals surface area contributed by atoms with E-state index < -0.39 is 0 Å². The molecule has 3 heteroatoms. The van der Waals surface area contributed by atoms with Crippen molar-refractivity contribution in [1.29, 1.82) is 0 Å². The molecular weight excluding hydrogens is 260 g/mol. The molecule has 0 radical (unpaired) electrons. The Bertz CT molecular complexity index is 308. The van der Waals surface area contributed by atoms with E-state index in [2.05, 4.69) is 12.2 Å². The predicted molar refractivity (Wildman–Crippen MR) is 87.9 cm³/mol. The normalized spacial score (nSPS) is 33.6. The van der Waals surface area contributed by atoms with Crippen LogP contribution >= 0.6 is 0 Å². The molecule has 3 N–H and O–H groups in total. The summed E-state index contributed by atoms with van der Waals surface area (Å²) in [5.74, 6) is 2.91. The molecule has 2 saturated carbocycles. The third-order valence-electron chi connectivity index (χ3n) is 5.84. The molecule has 21 heavy (non-hydrogen) atoms. The van der Waals surface area contributed by atoms with Gasteiger partial charge in [-0.25, -0.2) is 0 Å². The molecule has 0 aromatic rings. The van der Waals surface area contributed by atoms with Crippen LogP contribution in [0.1, 0.15) is 71.1 Å². The molecule has 0 heterocycles. The maximum atomic E-state index is 12.4. The lowest BCUT2D eigenvalue weighted by Crippen LogP contribution is -2.37. The Hall–Kier alpha value is -0.570. The van der Waals surface area contributed by atoms with E-state index in [4.69, 9.17) is 5.73 Å². The molecule has 0 aromatic carbocycles. The van der Waals surface area contributed by atoms with Crippen LogP contribution in [0.15, 0.2) is 0 Å². The zero-order valence-corrected chi connectivity index (χ0v) is 13.8. The summed E-state index contributed by atoms with van der Waals surface area (Å²) >= 11 is 0. The molecule has 3 nitrogen and oxygen atoms in total. The average molecular weight is 294 g/mol. The van der Waals surface area contributed by atoms with Crippen molar-refractivity contribution >= 4 is 5.91 Å². The fourth-order valence-corrected chi connectivity index (χ4v) is 4.26. The van der Waals surface area contributed by atoms with E-state index >= 15 is 0 Å². The molecule has 1 amide bonds. The number of hydrogen-bond acceptors (Lipinski definition) is 2. The fraction of sp³-hybridized carbons (Fsp3) is 0.944. The number of amides is 1. The summed E-state index contributed by atoms with van der Waals surface area (Å²) in [6.07, 6.45) is 12.3. The van der Waals surface area contributed by atoms with Gasteiger partial charge in [-0.15, -0.1) is 0 Å². The highest BCUT2D eigenvalue weighted by molar-refractivity contribution is 5.78. The SMILES string of the molecule is CCC1CCC(CNC(=O)C2CCCC(CCN)C2)CC1. The van der Waals surface area contributed by atoms with Crippen LogP contribution in [0, 0.1) is 23.7 Å². The molecule has 2 rings (SSSR count). The van der Waals surface area contributed by atoms with E-state index in [0.717, 1.165) is 44.2 Å². The molecule has 0 bridgehead atoms. The van der Waals surface area contributed by atoms with Gasteiger partial charge in [0.1, 0.15) is 0 Å². The Balaban J connectivity index is 1.67. The summed E-state index contributed by atoms with van der Waals surface area (Å²) in [6, 6.07) is 0. The van der Waals surface area contributed by atoms with E-state index in [1.807, 2.05) is 0 Å². The van der Waals surface area contributed by atoms with E-state index in [-0.39, 0.29) is 5.92 Å². The van der Waals surface area contributed by atoms with Gasteiger partial charge < -0.3 is 11.1 Å². The zero-order chi connectivity index (χ0) is 15.1. The summed E-state index contributed by atoms with van der Waals surface area (Å²) in [4.78, 5) is 12.4. The highest BCUT2D eigenvalue weighted by atomic mass is 16.1. The highest BCUT2D eigenvalue weighted by Gasteiger charge is 2.27. The van der Waals surface area contributed by atoms with Crippen LogP contribution in [-0.2, 0) is 4.79 Å². The Morgan fingerprint density at radius 1 is 1.05 bits per heavy atom. The van der Waals surface area contributed by atoms with E-state index in [0.29, 0.717) is 11.8 Å². The van der Waals surface area contributed by atoms with Crippen molar-refractivity contribution in [3.05, 3.63) is 0 Å². The molecule has 0 aromatic heterocycles. The molecule has 2 atom stereocenters. The number of carbonyl (C=O) groups excluding carboxylic acids is 1.